The maximum Gasteiger partial charge on any atom is 0.148 e. The molecular formula is C10H7BrFNO. The zero-order valence-corrected chi connectivity index (χ0v) is 9.01. The van der Waals surface area contributed by atoms with Gasteiger partial charge < -0.3 is 4.74 Å². The van der Waals surface area contributed by atoms with E-state index in [1.54, 1.807) is 12.1 Å². The summed E-state index contributed by atoms with van der Waals surface area (Å²) in [6.45, 7) is 0. The number of aromatic nitrogens is 1. The first kappa shape index (κ1) is 9.40. The Hall–Kier alpha value is -1.16. The van der Waals surface area contributed by atoms with Gasteiger partial charge in [0.1, 0.15) is 21.7 Å². The van der Waals surface area contributed by atoms with Crippen molar-refractivity contribution in [2.45, 2.75) is 0 Å². The van der Waals surface area contributed by atoms with E-state index in [0.717, 1.165) is 5.39 Å². The molecule has 0 aliphatic carbocycles. The van der Waals surface area contributed by atoms with Crippen LogP contribution in [0.25, 0.3) is 10.9 Å². The Labute approximate surface area is 88.8 Å². The molecule has 2 nitrogen and oxygen atoms in total. The van der Waals surface area contributed by atoms with Gasteiger partial charge in [0.2, 0.25) is 0 Å². The molecule has 0 spiro atoms. The molecule has 0 radical (unpaired) electrons. The molecule has 0 aliphatic heterocycles. The number of hydrogen-bond donors (Lipinski definition) is 0. The van der Waals surface area contributed by atoms with E-state index in [0.29, 0.717) is 15.9 Å². The molecule has 0 aliphatic rings. The van der Waals surface area contributed by atoms with Gasteiger partial charge in [0.15, 0.2) is 0 Å². The highest BCUT2D eigenvalue weighted by atomic mass is 79.9. The second-order valence-corrected chi connectivity index (χ2v) is 3.63. The lowest BCUT2D eigenvalue weighted by molar-refractivity contribution is 0.415. The Morgan fingerprint density at radius 2 is 2.14 bits per heavy atom. The van der Waals surface area contributed by atoms with E-state index in [4.69, 9.17) is 4.74 Å². The third-order valence-corrected chi connectivity index (χ3v) is 2.35. The van der Waals surface area contributed by atoms with Gasteiger partial charge in [-0.2, -0.15) is 0 Å². The molecule has 1 aromatic heterocycles. The van der Waals surface area contributed by atoms with Crippen molar-refractivity contribution in [3.63, 3.8) is 0 Å². The van der Waals surface area contributed by atoms with Gasteiger partial charge in [-0.25, -0.2) is 9.37 Å². The summed E-state index contributed by atoms with van der Waals surface area (Å²) in [5, 5.41) is 0.727. The average Bonchev–Trinajstić information content (AvgIpc) is 2.17. The number of rotatable bonds is 1. The largest absolute Gasteiger partial charge is 0.494 e. The molecule has 0 saturated heterocycles. The van der Waals surface area contributed by atoms with Crippen molar-refractivity contribution in [3.05, 3.63) is 34.7 Å². The van der Waals surface area contributed by atoms with E-state index in [1.807, 2.05) is 0 Å². The second-order valence-electron chi connectivity index (χ2n) is 2.81. The van der Waals surface area contributed by atoms with E-state index in [1.165, 1.54) is 19.2 Å². The smallest absolute Gasteiger partial charge is 0.148 e. The van der Waals surface area contributed by atoms with Crippen molar-refractivity contribution < 1.29 is 9.13 Å². The maximum atomic E-state index is 13.1. The van der Waals surface area contributed by atoms with E-state index in [9.17, 15) is 4.39 Å². The fourth-order valence-electron chi connectivity index (χ4n) is 1.30. The van der Waals surface area contributed by atoms with Gasteiger partial charge in [-0.1, -0.05) is 0 Å². The quantitative estimate of drug-likeness (QED) is 0.731. The third-order valence-electron chi connectivity index (χ3n) is 1.91. The molecule has 14 heavy (non-hydrogen) atoms. The highest BCUT2D eigenvalue weighted by Crippen LogP contribution is 2.26. The van der Waals surface area contributed by atoms with Crippen LogP contribution in [0.4, 0.5) is 4.39 Å². The lowest BCUT2D eigenvalue weighted by atomic mass is 10.2. The summed E-state index contributed by atoms with van der Waals surface area (Å²) in [6, 6.07) is 6.30. The second kappa shape index (κ2) is 3.53. The molecule has 0 fully saturated rings. The molecule has 1 heterocycles. The molecular weight excluding hydrogens is 249 g/mol. The number of methoxy groups -OCH3 is 1. The van der Waals surface area contributed by atoms with Crippen molar-refractivity contribution in [1.82, 2.24) is 4.98 Å². The molecule has 0 saturated carbocycles. The zero-order valence-electron chi connectivity index (χ0n) is 7.42. The molecule has 1 aromatic carbocycles. The van der Waals surface area contributed by atoms with Crippen molar-refractivity contribution >= 4 is 26.8 Å². The molecule has 72 valence electrons. The minimum Gasteiger partial charge on any atom is -0.494 e. The average molecular weight is 256 g/mol. The minimum absolute atomic E-state index is 0.321. The summed E-state index contributed by atoms with van der Waals surface area (Å²) in [5.41, 5.74) is 0.656. The van der Waals surface area contributed by atoms with E-state index in [-0.39, 0.29) is 5.82 Å². The van der Waals surface area contributed by atoms with Gasteiger partial charge in [-0.15, -0.1) is 0 Å². The maximum absolute atomic E-state index is 13.1. The summed E-state index contributed by atoms with van der Waals surface area (Å²) in [7, 11) is 1.50. The standard InChI is InChI=1S/C10H7BrFNO/c1-14-8-5-7(12)4-6-2-3-9(11)13-10(6)8/h2-5H,1H3. The topological polar surface area (TPSA) is 22.1 Å². The van der Waals surface area contributed by atoms with Crippen LogP contribution < -0.4 is 4.74 Å². The first-order valence-corrected chi connectivity index (χ1v) is 4.80. The van der Waals surface area contributed by atoms with Crippen LogP contribution >= 0.6 is 15.9 Å². The Kier molecular flexibility index (Phi) is 2.37. The number of ether oxygens (including phenoxy) is 1. The summed E-state index contributed by atoms with van der Waals surface area (Å²) < 4.78 is 18.8. The Morgan fingerprint density at radius 1 is 1.36 bits per heavy atom. The summed E-state index contributed by atoms with van der Waals surface area (Å²) in [5.74, 6) is 0.125. The Morgan fingerprint density at radius 3 is 2.86 bits per heavy atom. The van der Waals surface area contributed by atoms with Crippen molar-refractivity contribution in [2.75, 3.05) is 7.11 Å². The highest BCUT2D eigenvalue weighted by Gasteiger charge is 2.05. The van der Waals surface area contributed by atoms with Crippen LogP contribution in [-0.4, -0.2) is 12.1 Å². The first-order valence-electron chi connectivity index (χ1n) is 4.00. The van der Waals surface area contributed by atoms with Crippen LogP contribution in [0.3, 0.4) is 0 Å². The lowest BCUT2D eigenvalue weighted by Crippen LogP contribution is -1.89. The van der Waals surface area contributed by atoms with Crippen LogP contribution in [-0.2, 0) is 0 Å². The van der Waals surface area contributed by atoms with Gasteiger partial charge in [-0.05, 0) is 34.1 Å². The number of halogens is 2. The van der Waals surface area contributed by atoms with Crippen LogP contribution in [0.1, 0.15) is 0 Å². The zero-order chi connectivity index (χ0) is 10.1. The molecule has 0 atom stereocenters. The van der Waals surface area contributed by atoms with E-state index in [2.05, 4.69) is 20.9 Å². The van der Waals surface area contributed by atoms with Gasteiger partial charge in [0.25, 0.3) is 0 Å². The summed E-state index contributed by atoms with van der Waals surface area (Å²) in [6.07, 6.45) is 0. The fourth-order valence-corrected chi connectivity index (χ4v) is 1.61. The number of fused-ring (bicyclic) bond motifs is 1. The van der Waals surface area contributed by atoms with Crippen molar-refractivity contribution in [3.8, 4) is 5.75 Å². The SMILES string of the molecule is COc1cc(F)cc2ccc(Br)nc12. The van der Waals surface area contributed by atoms with Crippen LogP contribution in [0.5, 0.6) is 5.75 Å². The van der Waals surface area contributed by atoms with E-state index >= 15 is 0 Å². The van der Waals surface area contributed by atoms with Crippen LogP contribution in [0.15, 0.2) is 28.9 Å². The molecule has 4 heteroatoms. The first-order chi connectivity index (χ1) is 6.70. The minimum atomic E-state index is -0.321. The molecule has 2 rings (SSSR count). The van der Waals surface area contributed by atoms with E-state index < -0.39 is 0 Å². The molecule has 0 bridgehead atoms. The lowest BCUT2D eigenvalue weighted by Gasteiger charge is -2.04. The Bertz CT molecular complexity index is 487. The molecule has 0 amide bonds. The van der Waals surface area contributed by atoms with Gasteiger partial charge in [0, 0.05) is 11.5 Å². The molecule has 2 aromatic rings. The highest BCUT2D eigenvalue weighted by molar-refractivity contribution is 9.10. The third kappa shape index (κ3) is 1.57. The van der Waals surface area contributed by atoms with Gasteiger partial charge in [-0.3, -0.25) is 0 Å². The predicted octanol–water partition coefficient (Wildman–Crippen LogP) is 3.15. The Balaban J connectivity index is 2.81. The monoisotopic (exact) mass is 255 g/mol. The number of nitrogens with zero attached hydrogens (tertiary/aromatic N) is 1. The predicted molar refractivity (Wildman–Crippen MR) is 56.0 cm³/mol. The van der Waals surface area contributed by atoms with Crippen molar-refractivity contribution in [1.29, 1.82) is 0 Å². The van der Waals surface area contributed by atoms with Crippen molar-refractivity contribution in [2.24, 2.45) is 0 Å². The number of benzene rings is 1. The van der Waals surface area contributed by atoms with Crippen LogP contribution in [0, 0.1) is 5.82 Å². The van der Waals surface area contributed by atoms with Crippen LogP contribution in [0.2, 0.25) is 0 Å². The summed E-state index contributed by atoms with van der Waals surface area (Å²) in [4.78, 5) is 4.21. The molecule has 0 unspecified atom stereocenters. The van der Waals surface area contributed by atoms with Gasteiger partial charge in [0.05, 0.1) is 7.11 Å². The molecule has 0 N–H and O–H groups in total. The number of pyridine rings is 1. The van der Waals surface area contributed by atoms with Gasteiger partial charge >= 0.3 is 0 Å². The number of hydrogen-bond acceptors (Lipinski definition) is 2. The normalized spacial score (nSPS) is 10.5. The fraction of sp³-hybridized carbons (Fsp3) is 0.100. The summed E-state index contributed by atoms with van der Waals surface area (Å²) >= 11 is 3.25.